The van der Waals surface area contributed by atoms with Gasteiger partial charge in [0, 0.05) is 31.0 Å². The summed E-state index contributed by atoms with van der Waals surface area (Å²) < 4.78 is 0. The van der Waals surface area contributed by atoms with Crippen LogP contribution in [0.5, 0.6) is 0 Å². The third-order valence-corrected chi connectivity index (χ3v) is 6.30. The molecule has 2 aliphatic carbocycles. The standard InChI is InChI=1S/C19H30N2O4/c22-17(13-3-1-2-4-13)20-16-7-5-14(6-8-16)18(23)21-11-9-15(10-12-21)19(24)25/h13-16H,1-12H2,(H,20,22)(H,24,25). The smallest absolute Gasteiger partial charge is 0.306 e. The number of rotatable bonds is 4. The fourth-order valence-electron chi connectivity index (χ4n) is 4.60. The van der Waals surface area contributed by atoms with Crippen molar-refractivity contribution in [3.05, 3.63) is 0 Å². The van der Waals surface area contributed by atoms with Gasteiger partial charge in [-0.15, -0.1) is 0 Å². The molecule has 1 heterocycles. The second-order valence-corrected chi connectivity index (χ2v) is 7.98. The minimum absolute atomic E-state index is 0.0426. The predicted molar refractivity (Wildman–Crippen MR) is 92.8 cm³/mol. The Bertz CT molecular complexity index is 500. The van der Waals surface area contributed by atoms with Gasteiger partial charge in [0.15, 0.2) is 0 Å². The summed E-state index contributed by atoms with van der Waals surface area (Å²) in [5.74, 6) is -0.403. The van der Waals surface area contributed by atoms with Gasteiger partial charge in [0.05, 0.1) is 5.92 Å². The lowest BCUT2D eigenvalue weighted by Crippen LogP contribution is -2.46. The van der Waals surface area contributed by atoms with Gasteiger partial charge in [-0.2, -0.15) is 0 Å². The topological polar surface area (TPSA) is 86.7 Å². The summed E-state index contributed by atoms with van der Waals surface area (Å²) in [6.45, 7) is 1.13. The van der Waals surface area contributed by atoms with Crippen molar-refractivity contribution < 1.29 is 19.5 Å². The highest BCUT2D eigenvalue weighted by Crippen LogP contribution is 2.29. The Morgan fingerprint density at radius 3 is 1.92 bits per heavy atom. The molecule has 0 spiro atoms. The molecule has 6 heteroatoms. The minimum Gasteiger partial charge on any atom is -0.481 e. The number of likely N-dealkylation sites (tertiary alicyclic amines) is 1. The molecule has 6 nitrogen and oxygen atoms in total. The lowest BCUT2D eigenvalue weighted by Gasteiger charge is -2.35. The summed E-state index contributed by atoms with van der Waals surface area (Å²) in [6, 6.07) is 0.217. The molecule has 2 saturated carbocycles. The van der Waals surface area contributed by atoms with Crippen molar-refractivity contribution in [2.45, 2.75) is 70.3 Å². The molecule has 25 heavy (non-hydrogen) atoms. The van der Waals surface area contributed by atoms with Crippen LogP contribution in [0.1, 0.15) is 64.2 Å². The maximum atomic E-state index is 12.7. The van der Waals surface area contributed by atoms with Crippen molar-refractivity contribution in [2.24, 2.45) is 17.8 Å². The number of nitrogens with zero attached hydrogens (tertiary/aromatic N) is 1. The van der Waals surface area contributed by atoms with E-state index in [0.717, 1.165) is 51.4 Å². The number of hydrogen-bond donors (Lipinski definition) is 2. The second-order valence-electron chi connectivity index (χ2n) is 7.98. The van der Waals surface area contributed by atoms with Crippen LogP contribution in [-0.4, -0.2) is 46.9 Å². The molecular formula is C19H30N2O4. The van der Waals surface area contributed by atoms with E-state index in [2.05, 4.69) is 5.32 Å². The third-order valence-electron chi connectivity index (χ3n) is 6.30. The second kappa shape index (κ2) is 8.19. The average Bonchev–Trinajstić information content (AvgIpc) is 3.17. The van der Waals surface area contributed by atoms with Crippen LogP contribution >= 0.6 is 0 Å². The first-order chi connectivity index (χ1) is 12.0. The van der Waals surface area contributed by atoms with Crippen molar-refractivity contribution in [1.29, 1.82) is 0 Å². The number of carbonyl (C=O) groups excluding carboxylic acids is 2. The summed E-state index contributed by atoms with van der Waals surface area (Å²) >= 11 is 0. The van der Waals surface area contributed by atoms with E-state index in [1.165, 1.54) is 0 Å². The normalized spacial score (nSPS) is 28.7. The molecule has 0 aromatic heterocycles. The highest BCUT2D eigenvalue weighted by atomic mass is 16.4. The minimum atomic E-state index is -0.745. The highest BCUT2D eigenvalue weighted by Gasteiger charge is 2.34. The van der Waals surface area contributed by atoms with Gasteiger partial charge in [0.1, 0.15) is 0 Å². The largest absolute Gasteiger partial charge is 0.481 e. The molecule has 3 fully saturated rings. The Kier molecular flexibility index (Phi) is 5.97. The van der Waals surface area contributed by atoms with Crippen LogP contribution in [0.2, 0.25) is 0 Å². The van der Waals surface area contributed by atoms with Crippen molar-refractivity contribution in [2.75, 3.05) is 13.1 Å². The monoisotopic (exact) mass is 350 g/mol. The maximum absolute atomic E-state index is 12.7. The van der Waals surface area contributed by atoms with Crippen LogP contribution in [0.3, 0.4) is 0 Å². The van der Waals surface area contributed by atoms with Crippen LogP contribution < -0.4 is 5.32 Å². The van der Waals surface area contributed by atoms with Crippen LogP contribution in [0.4, 0.5) is 0 Å². The molecule has 2 amide bonds. The summed E-state index contributed by atoms with van der Waals surface area (Å²) in [4.78, 5) is 37.7. The van der Waals surface area contributed by atoms with Crippen LogP contribution in [0.15, 0.2) is 0 Å². The highest BCUT2D eigenvalue weighted by molar-refractivity contribution is 5.80. The Hall–Kier alpha value is -1.59. The first-order valence-corrected chi connectivity index (χ1v) is 9.86. The molecule has 140 valence electrons. The zero-order chi connectivity index (χ0) is 17.8. The molecule has 0 bridgehead atoms. The summed E-state index contributed by atoms with van der Waals surface area (Å²) in [6.07, 6.45) is 8.90. The number of piperidine rings is 1. The predicted octanol–water partition coefficient (Wildman–Crippen LogP) is 2.17. The fraction of sp³-hybridized carbons (Fsp3) is 0.842. The number of nitrogens with one attached hydrogen (secondary N) is 1. The first kappa shape index (κ1) is 18.2. The van der Waals surface area contributed by atoms with E-state index in [1.54, 1.807) is 0 Å². The number of aliphatic carboxylic acids is 1. The molecule has 1 aliphatic heterocycles. The number of carbonyl (C=O) groups is 3. The van der Waals surface area contributed by atoms with Gasteiger partial charge in [0.25, 0.3) is 0 Å². The van der Waals surface area contributed by atoms with E-state index in [1.807, 2.05) is 4.90 Å². The zero-order valence-electron chi connectivity index (χ0n) is 14.9. The molecule has 0 unspecified atom stereocenters. The molecule has 3 aliphatic rings. The summed E-state index contributed by atoms with van der Waals surface area (Å²) in [7, 11) is 0. The number of amides is 2. The summed E-state index contributed by atoms with van der Waals surface area (Å²) in [5.41, 5.74) is 0. The zero-order valence-corrected chi connectivity index (χ0v) is 14.9. The van der Waals surface area contributed by atoms with Crippen LogP contribution in [0, 0.1) is 17.8 Å². The van der Waals surface area contributed by atoms with E-state index in [0.29, 0.717) is 25.9 Å². The first-order valence-electron chi connectivity index (χ1n) is 9.86. The lowest BCUT2D eigenvalue weighted by atomic mass is 9.84. The molecule has 0 radical (unpaired) electrons. The van der Waals surface area contributed by atoms with Gasteiger partial charge in [0.2, 0.25) is 11.8 Å². The molecule has 0 aromatic carbocycles. The number of hydrogen-bond acceptors (Lipinski definition) is 3. The van der Waals surface area contributed by atoms with E-state index in [9.17, 15) is 14.4 Å². The van der Waals surface area contributed by atoms with Gasteiger partial charge >= 0.3 is 5.97 Å². The van der Waals surface area contributed by atoms with Gasteiger partial charge in [-0.25, -0.2) is 0 Å². The van der Waals surface area contributed by atoms with Crippen molar-refractivity contribution in [1.82, 2.24) is 10.2 Å². The Labute approximate surface area is 149 Å². The third kappa shape index (κ3) is 4.53. The van der Waals surface area contributed by atoms with Gasteiger partial charge in [-0.1, -0.05) is 12.8 Å². The number of carboxylic acids is 1. The maximum Gasteiger partial charge on any atom is 0.306 e. The molecule has 0 aromatic rings. The van der Waals surface area contributed by atoms with E-state index >= 15 is 0 Å². The van der Waals surface area contributed by atoms with Gasteiger partial charge in [-0.3, -0.25) is 14.4 Å². The van der Waals surface area contributed by atoms with E-state index in [-0.39, 0.29) is 35.6 Å². The van der Waals surface area contributed by atoms with Crippen LogP contribution in [-0.2, 0) is 14.4 Å². The quantitative estimate of drug-likeness (QED) is 0.813. The molecule has 2 N–H and O–H groups in total. The molecule has 1 saturated heterocycles. The van der Waals surface area contributed by atoms with E-state index < -0.39 is 5.97 Å². The van der Waals surface area contributed by atoms with Crippen molar-refractivity contribution in [3.63, 3.8) is 0 Å². The molecule has 0 atom stereocenters. The molecular weight excluding hydrogens is 320 g/mol. The Balaban J connectivity index is 1.40. The van der Waals surface area contributed by atoms with Gasteiger partial charge in [-0.05, 0) is 51.4 Å². The average molecular weight is 350 g/mol. The molecule has 3 rings (SSSR count). The van der Waals surface area contributed by atoms with Crippen molar-refractivity contribution in [3.8, 4) is 0 Å². The lowest BCUT2D eigenvalue weighted by molar-refractivity contribution is -0.147. The Morgan fingerprint density at radius 1 is 0.760 bits per heavy atom. The Morgan fingerprint density at radius 2 is 1.36 bits per heavy atom. The number of carboxylic acid groups (broad SMARTS) is 1. The van der Waals surface area contributed by atoms with Crippen LogP contribution in [0.25, 0.3) is 0 Å². The fourth-order valence-corrected chi connectivity index (χ4v) is 4.60. The SMILES string of the molecule is O=C(O)C1CCN(C(=O)C2CCC(NC(=O)C3CCCC3)CC2)CC1. The van der Waals surface area contributed by atoms with Crippen molar-refractivity contribution >= 4 is 17.8 Å². The van der Waals surface area contributed by atoms with Gasteiger partial charge < -0.3 is 15.3 Å². The summed E-state index contributed by atoms with van der Waals surface area (Å²) in [5, 5.41) is 12.2. The van der Waals surface area contributed by atoms with E-state index in [4.69, 9.17) is 5.11 Å².